The molecule has 28 heavy (non-hydrogen) atoms. The Kier molecular flexibility index (Phi) is 8.26. The first-order chi connectivity index (χ1) is 13.1. The minimum absolute atomic E-state index is 0.00292. The average Bonchev–Trinajstić information content (AvgIpc) is 2.56. The summed E-state index contributed by atoms with van der Waals surface area (Å²) in [5.74, 6) is 2.27. The summed E-state index contributed by atoms with van der Waals surface area (Å²) in [7, 11) is -3.26. The number of nitrogens with zero attached hydrogens (tertiary/aromatic N) is 3. The van der Waals surface area contributed by atoms with Crippen molar-refractivity contribution in [1.82, 2.24) is 19.8 Å². The van der Waals surface area contributed by atoms with Crippen LogP contribution in [0.3, 0.4) is 0 Å². The molecule has 2 N–H and O–H groups in total. The van der Waals surface area contributed by atoms with Crippen molar-refractivity contribution in [1.29, 1.82) is 0 Å². The number of aliphatic imine (C=N–C) groups is 1. The fraction of sp³-hybridized carbons (Fsp3) is 0.882. The van der Waals surface area contributed by atoms with Crippen molar-refractivity contribution in [2.24, 2.45) is 4.99 Å². The molecule has 0 spiro atoms. The molecule has 0 radical (unpaired) electrons. The zero-order valence-electron chi connectivity index (χ0n) is 17.2. The summed E-state index contributed by atoms with van der Waals surface area (Å²) in [4.78, 5) is 18.0. The van der Waals surface area contributed by atoms with Gasteiger partial charge in [-0.3, -0.25) is 4.99 Å². The molecule has 2 fully saturated rings. The lowest BCUT2D eigenvalue weighted by Gasteiger charge is -2.40. The highest BCUT2D eigenvalue weighted by atomic mass is 32.2. The number of likely N-dealkylation sites (tertiary alicyclic amines) is 1. The standard InChI is InChI=1S/C17H33N5O4S2/c1-5-18-15(19-6-11-28(24,25)22-7-9-27-10-8-22)20-14-12-21(13-14)16(23)26-17(2,3)4/h14H,5-13H2,1-4H3,(H2,18,19,20). The Balaban J connectivity index is 1.79. The molecule has 0 unspecified atom stereocenters. The second kappa shape index (κ2) is 10.0. The van der Waals surface area contributed by atoms with Crippen molar-refractivity contribution < 1.29 is 17.9 Å². The van der Waals surface area contributed by atoms with Crippen LogP contribution < -0.4 is 10.6 Å². The second-order valence-electron chi connectivity index (χ2n) is 7.81. The smallest absolute Gasteiger partial charge is 0.410 e. The fourth-order valence-corrected chi connectivity index (χ4v) is 5.24. The van der Waals surface area contributed by atoms with Gasteiger partial charge in [0.2, 0.25) is 10.0 Å². The van der Waals surface area contributed by atoms with Crippen LogP contribution in [0.5, 0.6) is 0 Å². The van der Waals surface area contributed by atoms with Gasteiger partial charge in [-0.1, -0.05) is 0 Å². The normalized spacial score (nSPS) is 19.9. The Morgan fingerprint density at radius 3 is 2.46 bits per heavy atom. The summed E-state index contributed by atoms with van der Waals surface area (Å²) in [6.45, 7) is 10.6. The van der Waals surface area contributed by atoms with Crippen LogP contribution >= 0.6 is 11.8 Å². The van der Waals surface area contributed by atoms with Gasteiger partial charge < -0.3 is 20.3 Å². The van der Waals surface area contributed by atoms with Crippen LogP contribution in [-0.4, -0.2) is 97.8 Å². The van der Waals surface area contributed by atoms with E-state index in [0.29, 0.717) is 38.7 Å². The summed E-state index contributed by atoms with van der Waals surface area (Å²) in [5.41, 5.74) is -0.509. The first kappa shape index (κ1) is 23.1. The van der Waals surface area contributed by atoms with Gasteiger partial charge in [0.25, 0.3) is 0 Å². The monoisotopic (exact) mass is 435 g/mol. The molecule has 0 saturated carbocycles. The highest BCUT2D eigenvalue weighted by Crippen LogP contribution is 2.15. The number of carbonyl (C=O) groups excluding carboxylic acids is 1. The average molecular weight is 436 g/mol. The van der Waals surface area contributed by atoms with E-state index in [9.17, 15) is 13.2 Å². The summed E-state index contributed by atoms with van der Waals surface area (Å²) in [6, 6.07) is 0.0704. The van der Waals surface area contributed by atoms with Gasteiger partial charge in [-0.15, -0.1) is 0 Å². The maximum atomic E-state index is 12.4. The number of amides is 1. The molecule has 2 aliphatic rings. The minimum atomic E-state index is -3.26. The summed E-state index contributed by atoms with van der Waals surface area (Å²) in [6.07, 6.45) is -0.321. The van der Waals surface area contributed by atoms with Crippen molar-refractivity contribution in [2.45, 2.75) is 39.3 Å². The van der Waals surface area contributed by atoms with E-state index in [2.05, 4.69) is 15.6 Å². The van der Waals surface area contributed by atoms with Crippen LogP contribution in [0.2, 0.25) is 0 Å². The maximum Gasteiger partial charge on any atom is 0.410 e. The van der Waals surface area contributed by atoms with Gasteiger partial charge in [-0.2, -0.15) is 11.8 Å². The van der Waals surface area contributed by atoms with E-state index >= 15 is 0 Å². The van der Waals surface area contributed by atoms with E-state index in [4.69, 9.17) is 4.74 Å². The van der Waals surface area contributed by atoms with Gasteiger partial charge in [0.05, 0.1) is 18.3 Å². The minimum Gasteiger partial charge on any atom is -0.444 e. The van der Waals surface area contributed by atoms with E-state index < -0.39 is 15.6 Å². The van der Waals surface area contributed by atoms with Crippen molar-refractivity contribution in [3.8, 4) is 0 Å². The Labute approximate surface area is 172 Å². The maximum absolute atomic E-state index is 12.4. The molecule has 0 aliphatic carbocycles. The molecular weight excluding hydrogens is 402 g/mol. The quantitative estimate of drug-likeness (QED) is 0.464. The number of thioether (sulfide) groups is 1. The second-order valence-corrected chi connectivity index (χ2v) is 11.1. The number of carbonyl (C=O) groups is 1. The molecule has 0 bridgehead atoms. The predicted octanol–water partition coefficient (Wildman–Crippen LogP) is 0.539. The topological polar surface area (TPSA) is 103 Å². The number of ether oxygens (including phenoxy) is 1. The van der Waals surface area contributed by atoms with Crippen LogP contribution in [0.15, 0.2) is 4.99 Å². The molecule has 11 heteroatoms. The number of sulfonamides is 1. The first-order valence-corrected chi connectivity index (χ1v) is 12.5. The van der Waals surface area contributed by atoms with Crippen molar-refractivity contribution in [3.05, 3.63) is 0 Å². The van der Waals surface area contributed by atoms with Gasteiger partial charge in [-0.05, 0) is 27.7 Å². The summed E-state index contributed by atoms with van der Waals surface area (Å²) < 4.78 is 31.7. The van der Waals surface area contributed by atoms with Gasteiger partial charge in [0.15, 0.2) is 5.96 Å². The first-order valence-electron chi connectivity index (χ1n) is 9.69. The number of rotatable bonds is 6. The van der Waals surface area contributed by atoms with Crippen LogP contribution in [0.25, 0.3) is 0 Å². The summed E-state index contributed by atoms with van der Waals surface area (Å²) in [5, 5.41) is 6.37. The largest absolute Gasteiger partial charge is 0.444 e. The molecule has 0 aromatic heterocycles. The molecular formula is C17H33N5O4S2. The Morgan fingerprint density at radius 1 is 1.25 bits per heavy atom. The molecule has 1 amide bonds. The predicted molar refractivity (Wildman–Crippen MR) is 113 cm³/mol. The van der Waals surface area contributed by atoms with Crippen molar-refractivity contribution >= 4 is 33.8 Å². The Bertz CT molecular complexity index is 651. The molecule has 2 saturated heterocycles. The molecule has 2 aliphatic heterocycles. The van der Waals surface area contributed by atoms with Crippen LogP contribution in [-0.2, 0) is 14.8 Å². The van der Waals surface area contributed by atoms with Crippen molar-refractivity contribution in [2.75, 3.05) is 56.5 Å². The number of guanidine groups is 1. The Hall–Kier alpha value is -1.20. The molecule has 9 nitrogen and oxygen atoms in total. The third kappa shape index (κ3) is 7.32. The van der Waals surface area contributed by atoms with Crippen LogP contribution in [0, 0.1) is 0 Å². The van der Waals surface area contributed by atoms with E-state index in [1.165, 1.54) is 0 Å². The lowest BCUT2D eigenvalue weighted by molar-refractivity contribution is 0.00700. The van der Waals surface area contributed by atoms with E-state index in [1.807, 2.05) is 27.7 Å². The molecule has 2 heterocycles. The summed E-state index contributed by atoms with van der Waals surface area (Å²) >= 11 is 1.78. The lowest BCUT2D eigenvalue weighted by Crippen LogP contribution is -2.63. The lowest BCUT2D eigenvalue weighted by atomic mass is 10.1. The van der Waals surface area contributed by atoms with Crippen molar-refractivity contribution in [3.63, 3.8) is 0 Å². The zero-order chi connectivity index (χ0) is 20.8. The van der Waals surface area contributed by atoms with Crippen LogP contribution in [0.4, 0.5) is 4.79 Å². The van der Waals surface area contributed by atoms with Gasteiger partial charge >= 0.3 is 6.09 Å². The molecule has 2 rings (SSSR count). The number of hydrogen-bond donors (Lipinski definition) is 2. The van der Waals surface area contributed by atoms with Gasteiger partial charge in [0, 0.05) is 44.2 Å². The molecule has 0 atom stereocenters. The van der Waals surface area contributed by atoms with E-state index in [0.717, 1.165) is 11.5 Å². The van der Waals surface area contributed by atoms with E-state index in [-0.39, 0.29) is 24.4 Å². The third-order valence-corrected chi connectivity index (χ3v) is 6.99. The molecule has 0 aromatic carbocycles. The third-order valence-electron chi connectivity index (χ3n) is 4.20. The van der Waals surface area contributed by atoms with Crippen LogP contribution in [0.1, 0.15) is 27.7 Å². The highest BCUT2D eigenvalue weighted by molar-refractivity contribution is 7.99. The van der Waals surface area contributed by atoms with Gasteiger partial charge in [0.1, 0.15) is 5.60 Å². The molecule has 162 valence electrons. The van der Waals surface area contributed by atoms with Gasteiger partial charge in [-0.25, -0.2) is 17.5 Å². The number of hydrogen-bond acceptors (Lipinski definition) is 6. The fourth-order valence-electron chi connectivity index (χ4n) is 2.79. The highest BCUT2D eigenvalue weighted by Gasteiger charge is 2.34. The number of nitrogens with one attached hydrogen (secondary N) is 2. The Morgan fingerprint density at radius 2 is 1.89 bits per heavy atom. The zero-order valence-corrected chi connectivity index (χ0v) is 18.9. The van der Waals surface area contributed by atoms with E-state index in [1.54, 1.807) is 21.0 Å². The molecule has 0 aromatic rings. The SMILES string of the molecule is CCNC(=NCCS(=O)(=O)N1CCSCC1)NC1CN(C(=O)OC(C)(C)C)C1.